The van der Waals surface area contributed by atoms with E-state index in [1.54, 1.807) is 0 Å². The fourth-order valence-corrected chi connectivity index (χ4v) is 2.73. The average Bonchev–Trinajstić information content (AvgIpc) is 2.70. The van der Waals surface area contributed by atoms with Crippen LogP contribution in [-0.2, 0) is 9.59 Å². The lowest BCUT2D eigenvalue weighted by Crippen LogP contribution is -2.36. The van der Waals surface area contributed by atoms with E-state index in [0.29, 0.717) is 12.8 Å². The predicted molar refractivity (Wildman–Crippen MR) is 75.2 cm³/mol. The van der Waals surface area contributed by atoms with Gasteiger partial charge in [0.25, 0.3) is 0 Å². The van der Waals surface area contributed by atoms with Crippen LogP contribution in [0.15, 0.2) is 18.2 Å². The molecule has 2 N–H and O–H groups in total. The number of benzene rings is 1. The first kappa shape index (κ1) is 15.0. The number of amides is 2. The molecule has 0 unspecified atom stereocenters. The summed E-state index contributed by atoms with van der Waals surface area (Å²) in [6.45, 7) is 3.68. The molecule has 0 aromatic heterocycles. The molecule has 2 rings (SSSR count). The lowest BCUT2D eigenvalue weighted by Gasteiger charge is -2.24. The van der Waals surface area contributed by atoms with E-state index in [9.17, 15) is 24.6 Å². The zero-order valence-electron chi connectivity index (χ0n) is 11.9. The van der Waals surface area contributed by atoms with Gasteiger partial charge in [-0.05, 0) is 31.0 Å². The molecule has 0 radical (unpaired) electrons. The Bertz CT molecular complexity index is 618. The van der Waals surface area contributed by atoms with Crippen molar-refractivity contribution in [2.45, 2.75) is 33.1 Å². The van der Waals surface area contributed by atoms with Crippen LogP contribution in [0.4, 0.5) is 5.69 Å². The summed E-state index contributed by atoms with van der Waals surface area (Å²) >= 11 is 0. The Labute approximate surface area is 122 Å². The summed E-state index contributed by atoms with van der Waals surface area (Å²) in [5.74, 6) is -2.30. The zero-order valence-corrected chi connectivity index (χ0v) is 11.9. The minimum Gasteiger partial charge on any atom is -0.508 e. The number of nitrogens with zero attached hydrogens (tertiary/aromatic N) is 1. The molecule has 6 heteroatoms. The van der Waals surface area contributed by atoms with E-state index in [4.69, 9.17) is 0 Å². The summed E-state index contributed by atoms with van der Waals surface area (Å²) in [5, 5.41) is 18.6. The first-order valence-corrected chi connectivity index (χ1v) is 6.80. The summed E-state index contributed by atoms with van der Waals surface area (Å²) in [6.07, 6.45) is 1.12. The second-order valence-electron chi connectivity index (χ2n) is 5.21. The van der Waals surface area contributed by atoms with Crippen molar-refractivity contribution in [2.24, 2.45) is 5.41 Å². The van der Waals surface area contributed by atoms with Crippen LogP contribution in [0.2, 0.25) is 0 Å². The zero-order chi connectivity index (χ0) is 15.8. The number of phenols is 1. The second kappa shape index (κ2) is 5.20. The molecular weight excluding hydrogens is 274 g/mol. The number of carboxylic acid groups (broad SMARTS) is 1. The Kier molecular flexibility index (Phi) is 3.72. The number of carbonyl (C=O) groups excluding carboxylic acids is 2. The molecule has 0 atom stereocenters. The van der Waals surface area contributed by atoms with Crippen LogP contribution in [-0.4, -0.2) is 28.0 Å². The van der Waals surface area contributed by atoms with Crippen molar-refractivity contribution in [2.75, 3.05) is 4.90 Å². The largest absolute Gasteiger partial charge is 0.508 e. The van der Waals surface area contributed by atoms with Gasteiger partial charge in [0.15, 0.2) is 0 Å². The van der Waals surface area contributed by atoms with E-state index in [1.165, 1.54) is 12.1 Å². The number of carbonyl (C=O) groups is 3. The normalized spacial score (nSPS) is 17.3. The number of hydrogen-bond donors (Lipinski definition) is 2. The van der Waals surface area contributed by atoms with Gasteiger partial charge in [0.05, 0.1) is 16.7 Å². The summed E-state index contributed by atoms with van der Waals surface area (Å²) in [5.41, 5.74) is -1.01. The SMILES string of the molecule is CCC1(CC)CC(=O)N(c2ccc(O)cc2C(=O)O)C1=O. The van der Waals surface area contributed by atoms with Crippen molar-refractivity contribution in [3.8, 4) is 5.75 Å². The molecule has 112 valence electrons. The lowest BCUT2D eigenvalue weighted by atomic mass is 9.81. The number of phenolic OH excluding ortho intramolecular Hbond substituents is 1. The van der Waals surface area contributed by atoms with E-state index < -0.39 is 17.3 Å². The van der Waals surface area contributed by atoms with Crippen LogP contribution in [0.1, 0.15) is 43.5 Å². The van der Waals surface area contributed by atoms with Gasteiger partial charge in [0, 0.05) is 6.42 Å². The third-order valence-electron chi connectivity index (χ3n) is 4.20. The highest BCUT2D eigenvalue weighted by atomic mass is 16.4. The van der Waals surface area contributed by atoms with Crippen LogP contribution >= 0.6 is 0 Å². The summed E-state index contributed by atoms with van der Waals surface area (Å²) < 4.78 is 0. The molecule has 1 heterocycles. The highest BCUT2D eigenvalue weighted by Crippen LogP contribution is 2.42. The number of imide groups is 1. The van der Waals surface area contributed by atoms with E-state index in [1.807, 2.05) is 13.8 Å². The van der Waals surface area contributed by atoms with E-state index in [-0.39, 0.29) is 29.3 Å². The van der Waals surface area contributed by atoms with Crippen molar-refractivity contribution in [3.63, 3.8) is 0 Å². The van der Waals surface area contributed by atoms with Crippen LogP contribution in [0.5, 0.6) is 5.75 Å². The smallest absolute Gasteiger partial charge is 0.337 e. The monoisotopic (exact) mass is 291 g/mol. The Morgan fingerprint density at radius 1 is 1.29 bits per heavy atom. The van der Waals surface area contributed by atoms with Gasteiger partial charge in [0.1, 0.15) is 5.75 Å². The van der Waals surface area contributed by atoms with E-state index in [0.717, 1.165) is 11.0 Å². The molecule has 0 bridgehead atoms. The number of carboxylic acids is 1. The van der Waals surface area contributed by atoms with E-state index >= 15 is 0 Å². The van der Waals surface area contributed by atoms with Crippen LogP contribution < -0.4 is 4.90 Å². The van der Waals surface area contributed by atoms with Gasteiger partial charge in [0.2, 0.25) is 11.8 Å². The lowest BCUT2D eigenvalue weighted by molar-refractivity contribution is -0.126. The Morgan fingerprint density at radius 2 is 1.90 bits per heavy atom. The minimum atomic E-state index is -1.30. The Hall–Kier alpha value is -2.37. The van der Waals surface area contributed by atoms with Gasteiger partial charge in [-0.3, -0.25) is 9.59 Å². The molecule has 21 heavy (non-hydrogen) atoms. The standard InChI is InChI=1S/C15H17NO5/c1-3-15(4-2)8-12(18)16(14(15)21)11-6-5-9(17)7-10(11)13(19)20/h5-7,17H,3-4,8H2,1-2H3,(H,19,20). The van der Waals surface area contributed by atoms with Gasteiger partial charge < -0.3 is 10.2 Å². The second-order valence-corrected chi connectivity index (χ2v) is 5.21. The summed E-state index contributed by atoms with van der Waals surface area (Å²) in [6, 6.07) is 3.59. The predicted octanol–water partition coefficient (Wildman–Crippen LogP) is 2.16. The number of hydrogen-bond acceptors (Lipinski definition) is 4. The minimum absolute atomic E-state index is 0.0130. The molecule has 1 aliphatic heterocycles. The maximum Gasteiger partial charge on any atom is 0.337 e. The fraction of sp³-hybridized carbons (Fsp3) is 0.400. The maximum atomic E-state index is 12.6. The van der Waals surface area contributed by atoms with Crippen molar-refractivity contribution >= 4 is 23.5 Å². The van der Waals surface area contributed by atoms with Gasteiger partial charge in [-0.15, -0.1) is 0 Å². The molecule has 6 nitrogen and oxygen atoms in total. The highest BCUT2D eigenvalue weighted by molar-refractivity contribution is 6.24. The molecule has 1 aromatic carbocycles. The van der Waals surface area contributed by atoms with Crippen molar-refractivity contribution in [1.82, 2.24) is 0 Å². The topological polar surface area (TPSA) is 94.9 Å². The third-order valence-corrected chi connectivity index (χ3v) is 4.20. The van der Waals surface area contributed by atoms with Crippen molar-refractivity contribution < 1.29 is 24.6 Å². The summed E-state index contributed by atoms with van der Waals surface area (Å²) in [4.78, 5) is 37.1. The van der Waals surface area contributed by atoms with Gasteiger partial charge in [-0.1, -0.05) is 13.8 Å². The van der Waals surface area contributed by atoms with E-state index in [2.05, 4.69) is 0 Å². The Balaban J connectivity index is 2.55. The van der Waals surface area contributed by atoms with Crippen LogP contribution in [0, 0.1) is 5.41 Å². The third kappa shape index (κ3) is 2.26. The number of anilines is 1. The van der Waals surface area contributed by atoms with Crippen molar-refractivity contribution in [1.29, 1.82) is 0 Å². The maximum absolute atomic E-state index is 12.6. The first-order valence-electron chi connectivity index (χ1n) is 6.80. The molecule has 0 saturated carbocycles. The molecule has 1 saturated heterocycles. The van der Waals surface area contributed by atoms with Crippen LogP contribution in [0.25, 0.3) is 0 Å². The van der Waals surface area contributed by atoms with Gasteiger partial charge in [-0.25, -0.2) is 9.69 Å². The number of aromatic carboxylic acids is 1. The molecule has 0 spiro atoms. The fourth-order valence-electron chi connectivity index (χ4n) is 2.73. The summed E-state index contributed by atoms with van der Waals surface area (Å²) in [7, 11) is 0. The quantitative estimate of drug-likeness (QED) is 0.829. The molecule has 2 amide bonds. The van der Waals surface area contributed by atoms with Gasteiger partial charge in [-0.2, -0.15) is 0 Å². The molecule has 1 fully saturated rings. The average molecular weight is 291 g/mol. The number of rotatable bonds is 4. The highest BCUT2D eigenvalue weighted by Gasteiger charge is 2.50. The molecule has 1 aliphatic rings. The number of aromatic hydroxyl groups is 1. The molecular formula is C15H17NO5. The molecule has 0 aliphatic carbocycles. The van der Waals surface area contributed by atoms with Crippen molar-refractivity contribution in [3.05, 3.63) is 23.8 Å². The Morgan fingerprint density at radius 3 is 2.38 bits per heavy atom. The van der Waals surface area contributed by atoms with Crippen LogP contribution in [0.3, 0.4) is 0 Å². The van der Waals surface area contributed by atoms with Gasteiger partial charge >= 0.3 is 5.97 Å². The molecule has 1 aromatic rings. The first-order chi connectivity index (χ1) is 9.86.